The molecule has 0 bridgehead atoms. The number of halogens is 2. The summed E-state index contributed by atoms with van der Waals surface area (Å²) >= 11 is 8.03. The Labute approximate surface area is 229 Å². The van der Waals surface area contributed by atoms with Crippen molar-refractivity contribution in [2.75, 3.05) is 12.0 Å². The van der Waals surface area contributed by atoms with Crippen molar-refractivity contribution in [2.24, 2.45) is 0 Å². The number of hydrogen-bond donors (Lipinski definition) is 1. The number of amides is 4. The van der Waals surface area contributed by atoms with E-state index in [0.29, 0.717) is 31.2 Å². The summed E-state index contributed by atoms with van der Waals surface area (Å²) in [4.78, 5) is 49.2. The van der Waals surface area contributed by atoms with Crippen LogP contribution >= 0.6 is 34.2 Å². The molecule has 12 heteroatoms. The van der Waals surface area contributed by atoms with Gasteiger partial charge in [-0.15, -0.1) is 0 Å². The van der Waals surface area contributed by atoms with Gasteiger partial charge in [0.1, 0.15) is 12.2 Å². The van der Waals surface area contributed by atoms with Crippen LogP contribution in [0.15, 0.2) is 66.2 Å². The molecule has 0 aromatic heterocycles. The number of anilines is 1. The van der Waals surface area contributed by atoms with Gasteiger partial charge in [0.15, 0.2) is 11.5 Å². The van der Waals surface area contributed by atoms with Gasteiger partial charge in [0, 0.05) is 17.2 Å². The number of methoxy groups -OCH3 is 1. The van der Waals surface area contributed by atoms with E-state index in [1.165, 1.54) is 37.5 Å². The number of barbiturate groups is 1. The summed E-state index contributed by atoms with van der Waals surface area (Å²) in [5, 5.41) is 13.3. The SMILES string of the molecule is COc1cc(/C=C2\C(=O)NC(=O)N(c3cccc(Cl)c3)C2=O)cc(I)c1OCc1ccc([N+](=O)[O-])cc1. The third kappa shape index (κ3) is 5.73. The molecule has 0 saturated carbocycles. The van der Waals surface area contributed by atoms with Gasteiger partial charge in [-0.1, -0.05) is 17.7 Å². The number of benzene rings is 3. The van der Waals surface area contributed by atoms with E-state index in [1.54, 1.807) is 36.4 Å². The van der Waals surface area contributed by atoms with Crippen LogP contribution in [0.1, 0.15) is 11.1 Å². The highest BCUT2D eigenvalue weighted by atomic mass is 127. The van der Waals surface area contributed by atoms with Crippen molar-refractivity contribution in [3.05, 3.63) is 96.1 Å². The van der Waals surface area contributed by atoms with Crippen LogP contribution in [0.4, 0.5) is 16.2 Å². The van der Waals surface area contributed by atoms with Gasteiger partial charge in [0.05, 0.1) is 21.3 Å². The number of nitrogens with one attached hydrogen (secondary N) is 1. The first-order valence-electron chi connectivity index (χ1n) is 10.6. The number of nitro groups is 1. The van der Waals surface area contributed by atoms with E-state index in [2.05, 4.69) is 5.32 Å². The van der Waals surface area contributed by atoms with Crippen molar-refractivity contribution < 1.29 is 28.8 Å². The first kappa shape index (κ1) is 26.1. The molecule has 0 unspecified atom stereocenters. The molecule has 0 spiro atoms. The molecule has 3 aromatic carbocycles. The predicted molar refractivity (Wildman–Crippen MR) is 144 cm³/mol. The summed E-state index contributed by atoms with van der Waals surface area (Å²) in [5.41, 5.74) is 1.12. The molecular formula is C25H17ClIN3O7. The molecule has 3 aromatic rings. The van der Waals surface area contributed by atoms with E-state index in [-0.39, 0.29) is 23.6 Å². The van der Waals surface area contributed by atoms with Crippen LogP contribution < -0.4 is 19.7 Å². The van der Waals surface area contributed by atoms with E-state index in [0.717, 1.165) is 4.90 Å². The summed E-state index contributed by atoms with van der Waals surface area (Å²) in [5.74, 6) is -0.880. The third-order valence-corrected chi connectivity index (χ3v) is 6.30. The number of imide groups is 2. The molecule has 37 heavy (non-hydrogen) atoms. The molecule has 1 heterocycles. The molecule has 0 aliphatic carbocycles. The number of hydrogen-bond acceptors (Lipinski definition) is 7. The van der Waals surface area contributed by atoms with Crippen LogP contribution in [0.2, 0.25) is 5.02 Å². The molecule has 188 valence electrons. The Balaban J connectivity index is 1.61. The molecule has 1 saturated heterocycles. The lowest BCUT2D eigenvalue weighted by molar-refractivity contribution is -0.384. The smallest absolute Gasteiger partial charge is 0.335 e. The number of urea groups is 1. The van der Waals surface area contributed by atoms with Gasteiger partial charge < -0.3 is 9.47 Å². The number of nitrogens with zero attached hydrogens (tertiary/aromatic N) is 2. The summed E-state index contributed by atoms with van der Waals surface area (Å²) in [6.45, 7) is 0.127. The fraction of sp³-hybridized carbons (Fsp3) is 0.0800. The largest absolute Gasteiger partial charge is 0.493 e. The van der Waals surface area contributed by atoms with Crippen molar-refractivity contribution in [3.63, 3.8) is 0 Å². The second-order valence-electron chi connectivity index (χ2n) is 7.68. The highest BCUT2D eigenvalue weighted by Gasteiger charge is 2.37. The maximum absolute atomic E-state index is 13.1. The highest BCUT2D eigenvalue weighted by Crippen LogP contribution is 2.36. The predicted octanol–water partition coefficient (Wildman–Crippen LogP) is 5.11. The zero-order valence-corrected chi connectivity index (χ0v) is 22.0. The lowest BCUT2D eigenvalue weighted by Crippen LogP contribution is -2.54. The maximum Gasteiger partial charge on any atom is 0.335 e. The van der Waals surface area contributed by atoms with Crippen LogP contribution in [-0.4, -0.2) is 29.9 Å². The number of non-ortho nitro benzene ring substituents is 1. The van der Waals surface area contributed by atoms with Gasteiger partial charge in [-0.3, -0.25) is 25.0 Å². The average molecular weight is 634 g/mol. The zero-order chi connectivity index (χ0) is 26.7. The van der Waals surface area contributed by atoms with Gasteiger partial charge in [-0.05, 0) is 82.3 Å². The Morgan fingerprint density at radius 1 is 1.11 bits per heavy atom. The minimum Gasteiger partial charge on any atom is -0.493 e. The van der Waals surface area contributed by atoms with E-state index in [4.69, 9.17) is 21.1 Å². The Morgan fingerprint density at radius 3 is 2.49 bits per heavy atom. The maximum atomic E-state index is 13.1. The summed E-state index contributed by atoms with van der Waals surface area (Å²) in [6, 6.07) is 14.5. The molecule has 1 aliphatic rings. The van der Waals surface area contributed by atoms with Crippen LogP contribution in [0.5, 0.6) is 11.5 Å². The highest BCUT2D eigenvalue weighted by molar-refractivity contribution is 14.1. The number of rotatable bonds is 7. The Kier molecular flexibility index (Phi) is 7.74. The standard InChI is InChI=1S/C25H17ClIN3O7/c1-36-21-11-15(10-20(27)22(21)37-13-14-5-7-17(8-6-14)30(34)35)9-19-23(31)28-25(33)29(24(19)32)18-4-2-3-16(26)12-18/h2-12H,13H2,1H3,(H,28,31,33)/b19-9+. The van der Waals surface area contributed by atoms with Crippen LogP contribution in [0, 0.1) is 13.7 Å². The molecule has 0 radical (unpaired) electrons. The fourth-order valence-corrected chi connectivity index (χ4v) is 4.47. The van der Waals surface area contributed by atoms with E-state index in [9.17, 15) is 24.5 Å². The Hall–Kier alpha value is -3.97. The second-order valence-corrected chi connectivity index (χ2v) is 9.28. The van der Waals surface area contributed by atoms with Crippen molar-refractivity contribution >= 4 is 69.5 Å². The van der Waals surface area contributed by atoms with Gasteiger partial charge in [0.25, 0.3) is 17.5 Å². The average Bonchev–Trinajstić information content (AvgIpc) is 2.85. The molecule has 1 aliphatic heterocycles. The molecule has 1 fully saturated rings. The molecule has 4 rings (SSSR count). The topological polar surface area (TPSA) is 128 Å². The lowest BCUT2D eigenvalue weighted by atomic mass is 10.1. The monoisotopic (exact) mass is 633 g/mol. The first-order chi connectivity index (χ1) is 17.7. The molecule has 4 amide bonds. The number of nitro benzene ring substituents is 1. The number of carbonyl (C=O) groups excluding carboxylic acids is 3. The lowest BCUT2D eigenvalue weighted by Gasteiger charge is -2.26. The number of ether oxygens (including phenoxy) is 2. The van der Waals surface area contributed by atoms with E-state index >= 15 is 0 Å². The summed E-state index contributed by atoms with van der Waals surface area (Å²) in [7, 11) is 1.44. The number of carbonyl (C=O) groups is 3. The molecular weight excluding hydrogens is 617 g/mol. The normalized spacial score (nSPS) is 14.5. The van der Waals surface area contributed by atoms with Crippen molar-refractivity contribution in [1.29, 1.82) is 0 Å². The zero-order valence-electron chi connectivity index (χ0n) is 19.1. The third-order valence-electron chi connectivity index (χ3n) is 5.26. The van der Waals surface area contributed by atoms with Crippen LogP contribution in [-0.2, 0) is 16.2 Å². The van der Waals surface area contributed by atoms with Gasteiger partial charge >= 0.3 is 6.03 Å². The minimum atomic E-state index is -0.878. The van der Waals surface area contributed by atoms with Gasteiger partial charge in [-0.25, -0.2) is 9.69 Å². The second kappa shape index (κ2) is 11.0. The van der Waals surface area contributed by atoms with Crippen LogP contribution in [0.25, 0.3) is 6.08 Å². The summed E-state index contributed by atoms with van der Waals surface area (Å²) < 4.78 is 12.0. The summed E-state index contributed by atoms with van der Waals surface area (Å²) in [6.07, 6.45) is 1.35. The fourth-order valence-electron chi connectivity index (χ4n) is 3.51. The molecule has 0 atom stereocenters. The first-order valence-corrected chi connectivity index (χ1v) is 12.0. The Morgan fingerprint density at radius 2 is 1.84 bits per heavy atom. The van der Waals surface area contributed by atoms with E-state index < -0.39 is 22.8 Å². The van der Waals surface area contributed by atoms with Crippen molar-refractivity contribution in [2.45, 2.75) is 6.61 Å². The van der Waals surface area contributed by atoms with Crippen molar-refractivity contribution in [1.82, 2.24) is 5.32 Å². The molecule has 10 nitrogen and oxygen atoms in total. The Bertz CT molecular complexity index is 1460. The quantitative estimate of drug-likeness (QED) is 0.126. The van der Waals surface area contributed by atoms with Crippen LogP contribution in [0.3, 0.4) is 0 Å². The van der Waals surface area contributed by atoms with Gasteiger partial charge in [-0.2, -0.15) is 0 Å². The van der Waals surface area contributed by atoms with Crippen molar-refractivity contribution in [3.8, 4) is 11.5 Å². The van der Waals surface area contributed by atoms with Gasteiger partial charge in [0.2, 0.25) is 0 Å². The van der Waals surface area contributed by atoms with E-state index in [1.807, 2.05) is 22.6 Å². The minimum absolute atomic E-state index is 0.0229. The molecule has 1 N–H and O–H groups in total.